The molecule has 1 aliphatic heterocycles. The second kappa shape index (κ2) is 7.76. The molecule has 0 bridgehead atoms. The van der Waals surface area contributed by atoms with E-state index in [1.54, 1.807) is 6.07 Å². The number of piperidine rings is 1. The number of carbonyl (C=O) groups is 1. The van der Waals surface area contributed by atoms with Gasteiger partial charge in [0, 0.05) is 17.5 Å². The lowest BCUT2D eigenvalue weighted by Crippen LogP contribution is -2.40. The van der Waals surface area contributed by atoms with E-state index in [0.29, 0.717) is 43.1 Å². The summed E-state index contributed by atoms with van der Waals surface area (Å²) in [6.07, 6.45) is 1.36. The molecule has 0 radical (unpaired) electrons. The van der Waals surface area contributed by atoms with Gasteiger partial charge in [0.1, 0.15) is 5.82 Å². The largest absolute Gasteiger partial charge is 0.479 e. The lowest BCUT2D eigenvalue weighted by molar-refractivity contribution is 0.0607. The number of aromatic nitrogens is 1. The lowest BCUT2D eigenvalue weighted by Gasteiger charge is -2.35. The molecule has 0 amide bonds. The highest BCUT2D eigenvalue weighted by molar-refractivity contribution is 5.97. The van der Waals surface area contributed by atoms with E-state index in [0.717, 1.165) is 0 Å². The molecule has 0 spiro atoms. The summed E-state index contributed by atoms with van der Waals surface area (Å²) in [6.45, 7) is 1.21. The van der Waals surface area contributed by atoms with Crippen LogP contribution in [0.2, 0.25) is 0 Å². The first-order valence-electron chi connectivity index (χ1n) is 8.27. The first kappa shape index (κ1) is 17.6. The van der Waals surface area contributed by atoms with Crippen molar-refractivity contribution in [2.24, 2.45) is 5.92 Å². The molecular weight excluding hydrogens is 327 g/mol. The van der Waals surface area contributed by atoms with Crippen molar-refractivity contribution in [1.29, 1.82) is 0 Å². The van der Waals surface area contributed by atoms with E-state index in [-0.39, 0.29) is 30.2 Å². The number of hydrogen-bond donors (Lipinski definition) is 1. The highest BCUT2D eigenvalue weighted by Crippen LogP contribution is 2.29. The van der Waals surface area contributed by atoms with E-state index in [1.165, 1.54) is 31.4 Å². The zero-order valence-electron chi connectivity index (χ0n) is 14.0. The summed E-state index contributed by atoms with van der Waals surface area (Å²) >= 11 is 0. The van der Waals surface area contributed by atoms with Crippen molar-refractivity contribution < 1.29 is 23.6 Å². The second-order valence-electron chi connectivity index (χ2n) is 6.15. The van der Waals surface area contributed by atoms with Crippen molar-refractivity contribution in [3.8, 4) is 5.88 Å². The number of methoxy groups -OCH3 is 1. The Balaban J connectivity index is 1.62. The Morgan fingerprint density at radius 3 is 2.64 bits per heavy atom. The van der Waals surface area contributed by atoms with Crippen molar-refractivity contribution in [3.05, 3.63) is 47.5 Å². The maximum absolute atomic E-state index is 13.0. The quantitative estimate of drug-likeness (QED) is 0.808. The molecule has 1 saturated heterocycles. The third-order valence-corrected chi connectivity index (χ3v) is 4.69. The number of halogens is 1. The molecule has 3 rings (SSSR count). The van der Waals surface area contributed by atoms with Crippen LogP contribution in [0.5, 0.6) is 5.88 Å². The monoisotopic (exact) mass is 348 g/mol. The van der Waals surface area contributed by atoms with Crippen LogP contribution >= 0.6 is 0 Å². The van der Waals surface area contributed by atoms with Gasteiger partial charge in [0.15, 0.2) is 11.5 Å². The van der Waals surface area contributed by atoms with E-state index >= 15 is 0 Å². The summed E-state index contributed by atoms with van der Waals surface area (Å²) in [4.78, 5) is 14.6. The summed E-state index contributed by atoms with van der Waals surface area (Å²) in [5, 5.41) is 13.5. The molecule has 2 aromatic rings. The van der Waals surface area contributed by atoms with Crippen molar-refractivity contribution in [1.82, 2.24) is 10.1 Å². The van der Waals surface area contributed by atoms with Gasteiger partial charge in [-0.3, -0.25) is 9.69 Å². The topological polar surface area (TPSA) is 75.8 Å². The summed E-state index contributed by atoms with van der Waals surface area (Å²) < 4.78 is 23.2. The number of likely N-dealkylation sites (tertiary alicyclic amines) is 1. The molecule has 134 valence electrons. The second-order valence-corrected chi connectivity index (χ2v) is 6.15. The Morgan fingerprint density at radius 2 is 2.08 bits per heavy atom. The van der Waals surface area contributed by atoms with Gasteiger partial charge in [0.05, 0.1) is 19.8 Å². The third-order valence-electron chi connectivity index (χ3n) is 4.69. The Kier molecular flexibility index (Phi) is 5.45. The van der Waals surface area contributed by atoms with Crippen molar-refractivity contribution >= 4 is 5.78 Å². The Morgan fingerprint density at radius 1 is 1.40 bits per heavy atom. The fourth-order valence-electron chi connectivity index (χ4n) is 3.23. The number of benzene rings is 1. The molecule has 0 aliphatic carbocycles. The first-order chi connectivity index (χ1) is 12.1. The molecular formula is C18H21FN2O4. The van der Waals surface area contributed by atoms with Gasteiger partial charge >= 0.3 is 0 Å². The Hall–Kier alpha value is -2.25. The molecule has 1 aromatic carbocycles. The molecule has 6 nitrogen and oxygen atoms in total. The molecule has 1 atom stereocenters. The van der Waals surface area contributed by atoms with Crippen LogP contribution < -0.4 is 4.74 Å². The number of ether oxygens (including phenoxy) is 1. The third kappa shape index (κ3) is 3.88. The van der Waals surface area contributed by atoms with Crippen LogP contribution in [0.3, 0.4) is 0 Å². The van der Waals surface area contributed by atoms with Crippen molar-refractivity contribution in [3.63, 3.8) is 0 Å². The minimum absolute atomic E-state index is 0.0431. The predicted octanol–water partition coefficient (Wildman–Crippen LogP) is 2.45. The zero-order chi connectivity index (χ0) is 17.8. The van der Waals surface area contributed by atoms with Crippen LogP contribution in [0, 0.1) is 11.7 Å². The number of ketones is 1. The van der Waals surface area contributed by atoms with Gasteiger partial charge in [-0.2, -0.15) is 0 Å². The summed E-state index contributed by atoms with van der Waals surface area (Å²) in [7, 11) is 1.50. The highest BCUT2D eigenvalue weighted by Gasteiger charge is 2.31. The normalized spacial score (nSPS) is 17.4. The predicted molar refractivity (Wildman–Crippen MR) is 87.9 cm³/mol. The fraction of sp³-hybridized carbons (Fsp3) is 0.444. The minimum Gasteiger partial charge on any atom is -0.479 e. The van der Waals surface area contributed by atoms with Crippen molar-refractivity contribution in [2.45, 2.75) is 18.9 Å². The zero-order valence-corrected chi connectivity index (χ0v) is 14.0. The number of aliphatic hydroxyl groups excluding tert-OH is 1. The van der Waals surface area contributed by atoms with E-state index in [1.807, 2.05) is 0 Å². The minimum atomic E-state index is -0.348. The van der Waals surface area contributed by atoms with Crippen LogP contribution in [0.25, 0.3) is 0 Å². The van der Waals surface area contributed by atoms with Crippen LogP contribution in [0.1, 0.15) is 35.0 Å². The molecule has 1 unspecified atom stereocenters. The average Bonchev–Trinajstić information content (AvgIpc) is 3.12. The number of Topliss-reactive ketones (excluding diaryl/α,β-unsaturated/α-hetero) is 1. The van der Waals surface area contributed by atoms with Gasteiger partial charge in [-0.1, -0.05) is 0 Å². The smallest absolute Gasteiger partial charge is 0.254 e. The molecule has 7 heteroatoms. The Labute approximate surface area is 145 Å². The SMILES string of the molecule is COc1cc(C(CO)N2CCC(C(=O)c3ccc(F)cc3)CC2)on1. The van der Waals surface area contributed by atoms with Gasteiger partial charge in [0.2, 0.25) is 0 Å². The lowest BCUT2D eigenvalue weighted by atomic mass is 9.88. The Bertz CT molecular complexity index is 708. The molecule has 2 heterocycles. The van der Waals surface area contributed by atoms with Gasteiger partial charge in [-0.25, -0.2) is 4.39 Å². The van der Waals surface area contributed by atoms with Crippen LogP contribution in [-0.4, -0.2) is 47.8 Å². The van der Waals surface area contributed by atoms with Crippen LogP contribution in [-0.2, 0) is 0 Å². The number of aliphatic hydroxyl groups is 1. The molecule has 1 aliphatic rings. The molecule has 25 heavy (non-hydrogen) atoms. The maximum Gasteiger partial charge on any atom is 0.254 e. The first-order valence-corrected chi connectivity index (χ1v) is 8.27. The van der Waals surface area contributed by atoms with Gasteiger partial charge in [-0.05, 0) is 55.4 Å². The number of hydrogen-bond acceptors (Lipinski definition) is 6. The van der Waals surface area contributed by atoms with E-state index in [9.17, 15) is 14.3 Å². The summed E-state index contributed by atoms with van der Waals surface area (Å²) in [5.41, 5.74) is 0.540. The summed E-state index contributed by atoms with van der Waals surface area (Å²) in [5.74, 6) is 0.518. The summed E-state index contributed by atoms with van der Waals surface area (Å²) in [6, 6.07) is 7.03. The standard InChI is InChI=1S/C18H21FN2O4/c1-24-17-10-16(25-20-17)15(11-22)21-8-6-13(7-9-21)18(23)12-2-4-14(19)5-3-12/h2-5,10,13,15,22H,6-9,11H2,1H3. The van der Waals surface area contributed by atoms with E-state index in [4.69, 9.17) is 9.26 Å². The van der Waals surface area contributed by atoms with Gasteiger partial charge in [-0.15, -0.1) is 0 Å². The van der Waals surface area contributed by atoms with E-state index < -0.39 is 0 Å². The average molecular weight is 348 g/mol. The number of rotatable bonds is 6. The highest BCUT2D eigenvalue weighted by atomic mass is 19.1. The molecule has 1 N–H and O–H groups in total. The fourth-order valence-corrected chi connectivity index (χ4v) is 3.23. The van der Waals surface area contributed by atoms with Crippen LogP contribution in [0.15, 0.2) is 34.9 Å². The molecule has 1 fully saturated rings. The molecule has 1 aromatic heterocycles. The maximum atomic E-state index is 13.0. The number of nitrogens with zero attached hydrogens (tertiary/aromatic N) is 2. The van der Waals surface area contributed by atoms with Gasteiger partial charge < -0.3 is 14.4 Å². The molecule has 0 saturated carbocycles. The van der Waals surface area contributed by atoms with Crippen LogP contribution in [0.4, 0.5) is 4.39 Å². The van der Waals surface area contributed by atoms with Gasteiger partial charge in [0.25, 0.3) is 5.88 Å². The van der Waals surface area contributed by atoms with E-state index in [2.05, 4.69) is 10.1 Å². The van der Waals surface area contributed by atoms with Crippen molar-refractivity contribution in [2.75, 3.05) is 26.8 Å². The number of carbonyl (C=O) groups excluding carboxylic acids is 1.